The van der Waals surface area contributed by atoms with Gasteiger partial charge < -0.3 is 25.4 Å². The van der Waals surface area contributed by atoms with Gasteiger partial charge in [0.25, 0.3) is 5.91 Å². The summed E-state index contributed by atoms with van der Waals surface area (Å²) in [5, 5.41) is 6.70. The van der Waals surface area contributed by atoms with Gasteiger partial charge in [-0.05, 0) is 18.8 Å². The van der Waals surface area contributed by atoms with Crippen LogP contribution in [0.4, 0.5) is 0 Å². The first-order valence-corrected chi connectivity index (χ1v) is 10.7. The van der Waals surface area contributed by atoms with Gasteiger partial charge in [0.05, 0.1) is 32.8 Å². The van der Waals surface area contributed by atoms with Crippen molar-refractivity contribution in [2.24, 2.45) is 11.8 Å². The van der Waals surface area contributed by atoms with Crippen molar-refractivity contribution in [1.82, 2.24) is 26.8 Å². The van der Waals surface area contributed by atoms with E-state index >= 15 is 0 Å². The van der Waals surface area contributed by atoms with E-state index in [-0.39, 0.29) is 37.2 Å². The van der Waals surface area contributed by atoms with Crippen LogP contribution in [0.2, 0.25) is 0 Å². The van der Waals surface area contributed by atoms with Crippen LogP contribution in [0.1, 0.15) is 34.6 Å². The van der Waals surface area contributed by atoms with E-state index in [2.05, 4.69) is 33.4 Å². The first-order valence-electron chi connectivity index (χ1n) is 10.7. The Balaban J connectivity index is 4.56. The summed E-state index contributed by atoms with van der Waals surface area (Å²) in [6.07, 6.45) is 0. The molecule has 0 aromatic carbocycles. The summed E-state index contributed by atoms with van der Waals surface area (Å²) in [5.74, 6) is -4.54. The van der Waals surface area contributed by atoms with E-state index in [9.17, 15) is 28.8 Å². The van der Waals surface area contributed by atoms with Gasteiger partial charge in [0.2, 0.25) is 23.8 Å². The molecule has 13 nitrogen and oxygen atoms in total. The standard InChI is InChI=1S/C21H35N5O8/c1-12(2)10-33-20(31)18(21(32)34-11-13(3)4)25-17(29)8-23-15(27)7-22-16(28)9-24-26-19(30)14(5)6/h12-13,18,24H,5,7-11H2,1-4,6H3,(H,22,28)(H,23,27)(H,25,29)(H,26,30). The third-order valence-corrected chi connectivity index (χ3v) is 3.63. The second-order valence-electron chi connectivity index (χ2n) is 8.19. The molecular formula is C21H35N5O8. The minimum atomic E-state index is -1.68. The van der Waals surface area contributed by atoms with Gasteiger partial charge >= 0.3 is 11.9 Å². The van der Waals surface area contributed by atoms with Gasteiger partial charge in [-0.3, -0.25) is 24.6 Å². The molecule has 0 spiro atoms. The Hall–Kier alpha value is -3.48. The normalized spacial score (nSPS) is 10.5. The maximum absolute atomic E-state index is 12.2. The Labute approximate surface area is 198 Å². The highest BCUT2D eigenvalue weighted by molar-refractivity contribution is 6.03. The minimum absolute atomic E-state index is 0.0130. The average Bonchev–Trinajstić information content (AvgIpc) is 2.76. The maximum atomic E-state index is 12.2. The quantitative estimate of drug-likeness (QED) is 0.0781. The molecule has 0 bridgehead atoms. The first-order chi connectivity index (χ1) is 15.8. The summed E-state index contributed by atoms with van der Waals surface area (Å²) in [6, 6.07) is -1.68. The van der Waals surface area contributed by atoms with E-state index in [1.54, 1.807) is 27.7 Å². The molecule has 0 fully saturated rings. The molecule has 0 aromatic heterocycles. The SMILES string of the molecule is C=C(C)C(=O)NNCC(=O)NCC(=O)NCC(=O)NC(C(=O)OCC(C)C)C(=O)OCC(C)C. The van der Waals surface area contributed by atoms with Crippen LogP contribution in [-0.2, 0) is 38.2 Å². The van der Waals surface area contributed by atoms with Crippen molar-refractivity contribution < 1.29 is 38.2 Å². The average molecular weight is 486 g/mol. The summed E-state index contributed by atoms with van der Waals surface area (Å²) >= 11 is 0. The molecular weight excluding hydrogens is 450 g/mol. The molecule has 0 saturated heterocycles. The fraction of sp³-hybridized carbons (Fsp3) is 0.619. The van der Waals surface area contributed by atoms with Gasteiger partial charge in [-0.2, -0.15) is 0 Å². The number of hydrazine groups is 1. The molecule has 0 aliphatic heterocycles. The molecule has 0 aliphatic carbocycles. The Bertz CT molecular complexity index is 742. The van der Waals surface area contributed by atoms with E-state index in [0.717, 1.165) is 0 Å². The van der Waals surface area contributed by atoms with E-state index in [1.807, 2.05) is 0 Å². The molecule has 0 radical (unpaired) electrons. The van der Waals surface area contributed by atoms with Crippen LogP contribution in [0.5, 0.6) is 0 Å². The Morgan fingerprint density at radius 1 is 0.735 bits per heavy atom. The van der Waals surface area contributed by atoms with Crippen LogP contribution >= 0.6 is 0 Å². The lowest BCUT2D eigenvalue weighted by molar-refractivity contribution is -0.161. The molecule has 0 unspecified atom stereocenters. The second-order valence-corrected chi connectivity index (χ2v) is 8.19. The Kier molecular flexibility index (Phi) is 14.5. The molecule has 0 heterocycles. The largest absolute Gasteiger partial charge is 0.463 e. The van der Waals surface area contributed by atoms with E-state index in [0.29, 0.717) is 0 Å². The number of rotatable bonds is 15. The highest BCUT2D eigenvalue weighted by atomic mass is 16.6. The molecule has 34 heavy (non-hydrogen) atoms. The highest BCUT2D eigenvalue weighted by Crippen LogP contribution is 2.01. The molecule has 0 aliphatic rings. The molecule has 0 rings (SSSR count). The lowest BCUT2D eigenvalue weighted by Crippen LogP contribution is -2.52. The number of ether oxygens (including phenoxy) is 2. The minimum Gasteiger partial charge on any atom is -0.463 e. The van der Waals surface area contributed by atoms with Gasteiger partial charge in [-0.25, -0.2) is 15.0 Å². The zero-order chi connectivity index (χ0) is 26.3. The lowest BCUT2D eigenvalue weighted by Gasteiger charge is -2.18. The van der Waals surface area contributed by atoms with E-state index < -0.39 is 54.7 Å². The third-order valence-electron chi connectivity index (χ3n) is 3.63. The predicted molar refractivity (Wildman–Crippen MR) is 121 cm³/mol. The van der Waals surface area contributed by atoms with Crippen molar-refractivity contribution >= 4 is 35.6 Å². The molecule has 0 atom stereocenters. The lowest BCUT2D eigenvalue weighted by atomic mass is 10.2. The number of amides is 4. The number of carbonyl (C=O) groups excluding carboxylic acids is 6. The summed E-state index contributed by atoms with van der Waals surface area (Å²) in [5.41, 5.74) is 4.83. The van der Waals surface area contributed by atoms with Crippen molar-refractivity contribution in [1.29, 1.82) is 0 Å². The number of nitrogens with one attached hydrogen (secondary N) is 5. The molecule has 13 heteroatoms. The van der Waals surface area contributed by atoms with Crippen LogP contribution < -0.4 is 26.8 Å². The number of hydrogen-bond acceptors (Lipinski definition) is 9. The van der Waals surface area contributed by atoms with Gasteiger partial charge in [0.1, 0.15) is 0 Å². The van der Waals surface area contributed by atoms with Crippen LogP contribution in [0, 0.1) is 11.8 Å². The molecule has 192 valence electrons. The van der Waals surface area contributed by atoms with Crippen LogP contribution in [-0.4, -0.2) is 74.5 Å². The zero-order valence-corrected chi connectivity index (χ0v) is 20.2. The van der Waals surface area contributed by atoms with Crippen LogP contribution in [0.3, 0.4) is 0 Å². The van der Waals surface area contributed by atoms with Crippen molar-refractivity contribution in [2.75, 3.05) is 32.8 Å². The van der Waals surface area contributed by atoms with Crippen molar-refractivity contribution in [3.63, 3.8) is 0 Å². The molecule has 0 aromatic rings. The summed E-state index contributed by atoms with van der Waals surface area (Å²) in [7, 11) is 0. The third kappa shape index (κ3) is 14.6. The Morgan fingerprint density at radius 3 is 1.62 bits per heavy atom. The van der Waals surface area contributed by atoms with Gasteiger partial charge in [0.15, 0.2) is 0 Å². The second kappa shape index (κ2) is 16.2. The van der Waals surface area contributed by atoms with Gasteiger partial charge in [-0.15, -0.1) is 0 Å². The van der Waals surface area contributed by atoms with E-state index in [1.165, 1.54) is 6.92 Å². The smallest absolute Gasteiger partial charge is 0.340 e. The highest BCUT2D eigenvalue weighted by Gasteiger charge is 2.32. The molecule has 0 saturated carbocycles. The summed E-state index contributed by atoms with van der Waals surface area (Å²) in [4.78, 5) is 71.4. The summed E-state index contributed by atoms with van der Waals surface area (Å²) < 4.78 is 10.0. The first kappa shape index (κ1) is 30.5. The fourth-order valence-corrected chi connectivity index (χ4v) is 1.88. The molecule has 4 amide bonds. The van der Waals surface area contributed by atoms with Gasteiger partial charge in [0, 0.05) is 5.57 Å². The molecule has 5 N–H and O–H groups in total. The number of esters is 2. The fourth-order valence-electron chi connectivity index (χ4n) is 1.88. The van der Waals surface area contributed by atoms with Crippen molar-refractivity contribution in [3.05, 3.63) is 12.2 Å². The number of carbonyl (C=O) groups is 6. The van der Waals surface area contributed by atoms with Gasteiger partial charge in [-0.1, -0.05) is 34.3 Å². The predicted octanol–water partition coefficient (Wildman–Crippen LogP) is -1.70. The van der Waals surface area contributed by atoms with Crippen LogP contribution in [0.15, 0.2) is 12.2 Å². The monoisotopic (exact) mass is 485 g/mol. The van der Waals surface area contributed by atoms with E-state index in [4.69, 9.17) is 9.47 Å². The topological polar surface area (TPSA) is 181 Å². The van der Waals surface area contributed by atoms with Crippen molar-refractivity contribution in [3.8, 4) is 0 Å². The van der Waals surface area contributed by atoms with Crippen molar-refractivity contribution in [2.45, 2.75) is 40.7 Å². The zero-order valence-electron chi connectivity index (χ0n) is 20.2. The number of hydrogen-bond donors (Lipinski definition) is 5. The summed E-state index contributed by atoms with van der Waals surface area (Å²) in [6.45, 7) is 10.9. The maximum Gasteiger partial charge on any atom is 0.340 e. The van der Waals surface area contributed by atoms with Crippen LogP contribution in [0.25, 0.3) is 0 Å². The Morgan fingerprint density at radius 2 is 1.18 bits per heavy atom.